The van der Waals surface area contributed by atoms with Crippen molar-refractivity contribution in [1.82, 2.24) is 9.55 Å². The minimum Gasteiger partial charge on any atom is -0.463 e. The summed E-state index contributed by atoms with van der Waals surface area (Å²) in [6.07, 6.45) is -1.84. The monoisotopic (exact) mass is 575 g/mol. The van der Waals surface area contributed by atoms with Gasteiger partial charge in [-0.3, -0.25) is 24.5 Å². The van der Waals surface area contributed by atoms with Crippen LogP contribution in [0.1, 0.15) is 40.8 Å². The normalized spacial score (nSPS) is 22.7. The highest BCUT2D eigenvalue weighted by atomic mass is 16.7. The molecule has 2 aliphatic rings. The van der Waals surface area contributed by atoms with Gasteiger partial charge in [0.15, 0.2) is 12.3 Å². The lowest BCUT2D eigenvalue weighted by molar-refractivity contribution is -0.163. The summed E-state index contributed by atoms with van der Waals surface area (Å²) >= 11 is 0. The molecule has 41 heavy (non-hydrogen) atoms. The van der Waals surface area contributed by atoms with E-state index in [1.165, 1.54) is 30.9 Å². The molecule has 2 aromatic rings. The van der Waals surface area contributed by atoms with Gasteiger partial charge in [-0.2, -0.15) is 4.98 Å². The summed E-state index contributed by atoms with van der Waals surface area (Å²) < 4.78 is 27.6. The number of esters is 3. The number of aliphatic imine (C=N–C) groups is 1. The number of anilines is 2. The van der Waals surface area contributed by atoms with Gasteiger partial charge in [-0.15, -0.1) is 0 Å². The van der Waals surface area contributed by atoms with Gasteiger partial charge in [0.25, 0.3) is 5.56 Å². The Morgan fingerprint density at radius 3 is 2.59 bits per heavy atom. The Bertz CT molecular complexity index is 1480. The largest absolute Gasteiger partial charge is 0.463 e. The maximum absolute atomic E-state index is 12.5. The summed E-state index contributed by atoms with van der Waals surface area (Å²) in [5.41, 5.74) is -2.61. The van der Waals surface area contributed by atoms with Gasteiger partial charge in [0, 0.05) is 31.5 Å². The number of nitrogens with zero attached hydrogens (tertiary/aromatic N) is 3. The number of carbonyl (C=O) groups excluding carboxylic acids is 4. The van der Waals surface area contributed by atoms with Gasteiger partial charge in [-0.1, -0.05) is 13.8 Å². The first-order valence-electron chi connectivity index (χ1n) is 12.5. The molecule has 0 spiro atoms. The highest BCUT2D eigenvalue weighted by molar-refractivity contribution is 6.12. The van der Waals surface area contributed by atoms with Gasteiger partial charge in [0.05, 0.1) is 23.3 Å². The molecule has 1 fully saturated rings. The van der Waals surface area contributed by atoms with Crippen molar-refractivity contribution < 1.29 is 48.0 Å². The standard InChI is InChI=1S/C25H29N5O11/c1-11(2)22(34)38-10-39-24(35)28-15-6-17(33)29-20-18-14(15)7-30(21(18)27-9-26-20)23-25(5,36)19(40-13(4)32)16(41-23)8-37-12(3)31/h6-7,9,11,16,19,23,36H,8,10H2,1-5H3,(H,28,35)(H,26,27,29,33)/t16-,19-,23-,25-/m1/s1. The molecule has 16 nitrogen and oxygen atoms in total. The fraction of sp³-hybridized carbons (Fsp3) is 0.480. The average molecular weight is 576 g/mol. The van der Waals surface area contributed by atoms with E-state index < -0.39 is 66.3 Å². The number of hydrogen-bond acceptors (Lipinski definition) is 14. The molecule has 0 aromatic carbocycles. The maximum atomic E-state index is 12.5. The van der Waals surface area contributed by atoms with E-state index in [0.29, 0.717) is 0 Å². The predicted molar refractivity (Wildman–Crippen MR) is 140 cm³/mol. The lowest BCUT2D eigenvalue weighted by Gasteiger charge is -2.30. The van der Waals surface area contributed by atoms with Crippen LogP contribution in [0.25, 0.3) is 10.8 Å². The number of amides is 1. The van der Waals surface area contributed by atoms with E-state index >= 15 is 0 Å². The molecule has 0 saturated carbocycles. The first kappa shape index (κ1) is 29.4. The molecule has 0 unspecified atom stereocenters. The molecule has 2 aliphatic heterocycles. The van der Waals surface area contributed by atoms with Crippen LogP contribution in [0.2, 0.25) is 0 Å². The van der Waals surface area contributed by atoms with E-state index in [2.05, 4.69) is 20.6 Å². The Morgan fingerprint density at radius 2 is 1.93 bits per heavy atom. The van der Waals surface area contributed by atoms with Gasteiger partial charge in [-0.05, 0) is 6.92 Å². The zero-order valence-electron chi connectivity index (χ0n) is 22.8. The number of aromatic nitrogens is 2. The van der Waals surface area contributed by atoms with Gasteiger partial charge in [0.2, 0.25) is 6.79 Å². The Kier molecular flexibility index (Phi) is 8.25. The quantitative estimate of drug-likeness (QED) is 0.231. The second-order valence-corrected chi connectivity index (χ2v) is 9.79. The minimum atomic E-state index is -1.87. The van der Waals surface area contributed by atoms with Crippen LogP contribution in [0, 0.1) is 5.92 Å². The van der Waals surface area contributed by atoms with E-state index in [1.807, 2.05) is 0 Å². The molecule has 3 N–H and O–H groups in total. The summed E-state index contributed by atoms with van der Waals surface area (Å²) in [5, 5.41) is 17.3. The molecule has 0 bridgehead atoms. The van der Waals surface area contributed by atoms with Crippen LogP contribution < -0.4 is 16.2 Å². The summed E-state index contributed by atoms with van der Waals surface area (Å²) in [6, 6.07) is 1.05. The van der Waals surface area contributed by atoms with E-state index in [9.17, 15) is 29.1 Å². The van der Waals surface area contributed by atoms with Crippen molar-refractivity contribution in [3.8, 4) is 0 Å². The SMILES string of the molecule is CC(=O)OC[C@H]1O[C@@H](n2cc3c(NC(=O)OCOC(=O)C(C)C)cc(=O)nc4c3c2N=CN4)[C@](C)(O)[C@@H]1OC(C)=O. The second-order valence-electron chi connectivity index (χ2n) is 9.79. The molecule has 4 rings (SSSR count). The summed E-state index contributed by atoms with van der Waals surface area (Å²) in [4.78, 5) is 68.2. The van der Waals surface area contributed by atoms with Crippen LogP contribution in [0.4, 0.5) is 22.1 Å². The molecule has 0 radical (unpaired) electrons. The lowest BCUT2D eigenvalue weighted by Crippen LogP contribution is -2.47. The third-order valence-corrected chi connectivity index (χ3v) is 6.22. The highest BCUT2D eigenvalue weighted by Crippen LogP contribution is 2.46. The third-order valence-electron chi connectivity index (χ3n) is 6.22. The third kappa shape index (κ3) is 6.12. The Balaban J connectivity index is 1.74. The van der Waals surface area contributed by atoms with Crippen LogP contribution in [-0.2, 0) is 38.1 Å². The second kappa shape index (κ2) is 11.5. The number of hydrogen-bond donors (Lipinski definition) is 3. The summed E-state index contributed by atoms with van der Waals surface area (Å²) in [7, 11) is 0. The van der Waals surface area contributed by atoms with Crippen LogP contribution in [0.15, 0.2) is 22.1 Å². The number of nitrogens with one attached hydrogen (secondary N) is 2. The molecular formula is C25H29N5O11. The van der Waals surface area contributed by atoms with Crippen LogP contribution in [-0.4, -0.2) is 76.2 Å². The van der Waals surface area contributed by atoms with E-state index in [0.717, 1.165) is 13.0 Å². The summed E-state index contributed by atoms with van der Waals surface area (Å²) in [6.45, 7) is 6.00. The van der Waals surface area contributed by atoms with Crippen molar-refractivity contribution in [2.75, 3.05) is 24.0 Å². The topological polar surface area (TPSA) is 206 Å². The molecule has 0 aliphatic carbocycles. The summed E-state index contributed by atoms with van der Waals surface area (Å²) in [5.74, 6) is -2.01. The van der Waals surface area contributed by atoms with Crippen molar-refractivity contribution in [2.24, 2.45) is 10.9 Å². The fourth-order valence-corrected chi connectivity index (χ4v) is 4.42. The van der Waals surface area contributed by atoms with Gasteiger partial charge < -0.3 is 38.7 Å². The van der Waals surface area contributed by atoms with Crippen molar-refractivity contribution in [3.05, 3.63) is 22.6 Å². The molecule has 2 aromatic heterocycles. The Morgan fingerprint density at radius 1 is 1.20 bits per heavy atom. The lowest BCUT2D eigenvalue weighted by atomic mass is 9.96. The van der Waals surface area contributed by atoms with Crippen LogP contribution >= 0.6 is 0 Å². The van der Waals surface area contributed by atoms with Crippen molar-refractivity contribution in [1.29, 1.82) is 0 Å². The molecule has 220 valence electrons. The first-order valence-corrected chi connectivity index (χ1v) is 12.5. The van der Waals surface area contributed by atoms with E-state index in [1.54, 1.807) is 13.8 Å². The zero-order valence-corrected chi connectivity index (χ0v) is 22.8. The number of rotatable bonds is 8. The van der Waals surface area contributed by atoms with E-state index in [-0.39, 0.29) is 34.7 Å². The Labute approximate surface area is 232 Å². The van der Waals surface area contributed by atoms with Crippen LogP contribution in [0.5, 0.6) is 0 Å². The van der Waals surface area contributed by atoms with Crippen molar-refractivity contribution in [3.63, 3.8) is 0 Å². The van der Waals surface area contributed by atoms with Gasteiger partial charge >= 0.3 is 24.0 Å². The molecule has 16 heteroatoms. The maximum Gasteiger partial charge on any atom is 0.414 e. The van der Waals surface area contributed by atoms with Gasteiger partial charge in [-0.25, -0.2) is 9.79 Å². The minimum absolute atomic E-state index is 0.0338. The molecule has 4 atom stereocenters. The number of ether oxygens (including phenoxy) is 5. The van der Waals surface area contributed by atoms with Crippen LogP contribution in [0.3, 0.4) is 0 Å². The molecule has 1 amide bonds. The smallest absolute Gasteiger partial charge is 0.414 e. The zero-order chi connectivity index (χ0) is 30.1. The van der Waals surface area contributed by atoms with Crippen molar-refractivity contribution in [2.45, 2.75) is 58.7 Å². The fourth-order valence-electron chi connectivity index (χ4n) is 4.42. The molecule has 4 heterocycles. The molecular weight excluding hydrogens is 546 g/mol. The average Bonchev–Trinajstić information content (AvgIpc) is 3.32. The highest BCUT2D eigenvalue weighted by Gasteiger charge is 2.56. The number of aliphatic hydroxyl groups is 1. The number of carbonyl (C=O) groups is 4. The molecule has 1 saturated heterocycles. The Hall–Kier alpha value is -4.57. The van der Waals surface area contributed by atoms with E-state index in [4.69, 9.17) is 23.7 Å². The van der Waals surface area contributed by atoms with Gasteiger partial charge in [0.1, 0.15) is 29.9 Å². The first-order chi connectivity index (χ1) is 19.3. The predicted octanol–water partition coefficient (Wildman–Crippen LogP) is 1.33. The van der Waals surface area contributed by atoms with Crippen molar-refractivity contribution >= 4 is 58.4 Å².